The van der Waals surface area contributed by atoms with Crippen molar-refractivity contribution in [3.63, 3.8) is 0 Å². The standard InChI is InChI=1S/C13H12N4OS/c1-18-10-4-3-8(19-2)7-9(10)11-16-12-13(17-11)15-6-5-14-12/h3-7H,1-2H3,(H,14,15,16,17). The Hall–Kier alpha value is -2.08. The average Bonchev–Trinajstić information content (AvgIpc) is 2.90. The Labute approximate surface area is 114 Å². The van der Waals surface area contributed by atoms with Crippen molar-refractivity contribution in [3.05, 3.63) is 30.6 Å². The number of nitrogens with zero attached hydrogens (tertiary/aromatic N) is 3. The van der Waals surface area contributed by atoms with E-state index in [-0.39, 0.29) is 0 Å². The molecule has 0 saturated carbocycles. The Balaban J connectivity index is 2.19. The van der Waals surface area contributed by atoms with Crippen LogP contribution in [0.15, 0.2) is 35.5 Å². The van der Waals surface area contributed by atoms with Gasteiger partial charge in [0, 0.05) is 17.3 Å². The second-order valence-corrected chi connectivity index (χ2v) is 4.76. The number of aromatic nitrogens is 4. The van der Waals surface area contributed by atoms with Gasteiger partial charge in [0.15, 0.2) is 11.3 Å². The Morgan fingerprint density at radius 1 is 1.21 bits per heavy atom. The molecule has 6 heteroatoms. The second-order valence-electron chi connectivity index (χ2n) is 3.88. The molecular formula is C13H12N4OS. The van der Waals surface area contributed by atoms with Gasteiger partial charge in [-0.25, -0.2) is 15.0 Å². The van der Waals surface area contributed by atoms with Crippen molar-refractivity contribution in [1.82, 2.24) is 19.9 Å². The minimum atomic E-state index is 0.606. The van der Waals surface area contributed by atoms with Crippen molar-refractivity contribution in [2.75, 3.05) is 13.4 Å². The van der Waals surface area contributed by atoms with Gasteiger partial charge in [-0.1, -0.05) is 0 Å². The van der Waals surface area contributed by atoms with Crippen LogP contribution in [-0.4, -0.2) is 33.3 Å². The highest BCUT2D eigenvalue weighted by molar-refractivity contribution is 7.98. The maximum Gasteiger partial charge on any atom is 0.197 e. The molecule has 1 aromatic carbocycles. The molecular weight excluding hydrogens is 260 g/mol. The Morgan fingerprint density at radius 3 is 2.79 bits per heavy atom. The zero-order chi connectivity index (χ0) is 13.2. The molecule has 2 heterocycles. The molecule has 5 nitrogen and oxygen atoms in total. The molecule has 0 aliphatic rings. The van der Waals surface area contributed by atoms with Gasteiger partial charge in [0.25, 0.3) is 0 Å². The highest BCUT2D eigenvalue weighted by atomic mass is 32.2. The number of fused-ring (bicyclic) bond motifs is 1. The number of H-pyrrole nitrogens is 1. The third kappa shape index (κ3) is 2.15. The number of hydrogen-bond donors (Lipinski definition) is 1. The molecule has 0 aliphatic carbocycles. The zero-order valence-electron chi connectivity index (χ0n) is 10.5. The fourth-order valence-corrected chi connectivity index (χ4v) is 2.31. The zero-order valence-corrected chi connectivity index (χ0v) is 11.4. The summed E-state index contributed by atoms with van der Waals surface area (Å²) >= 11 is 1.68. The first-order chi connectivity index (χ1) is 9.31. The van der Waals surface area contributed by atoms with Crippen LogP contribution in [0.1, 0.15) is 0 Å². The minimum absolute atomic E-state index is 0.606. The summed E-state index contributed by atoms with van der Waals surface area (Å²) in [6.45, 7) is 0. The first kappa shape index (κ1) is 12.0. The Kier molecular flexibility index (Phi) is 3.08. The fourth-order valence-electron chi connectivity index (χ4n) is 1.87. The predicted molar refractivity (Wildman–Crippen MR) is 75.5 cm³/mol. The van der Waals surface area contributed by atoms with E-state index in [9.17, 15) is 0 Å². The van der Waals surface area contributed by atoms with Gasteiger partial charge in [-0.3, -0.25) is 0 Å². The number of nitrogens with one attached hydrogen (secondary N) is 1. The second kappa shape index (κ2) is 4.89. The first-order valence-corrected chi connectivity index (χ1v) is 6.93. The predicted octanol–water partition coefficient (Wildman–Crippen LogP) is 2.75. The van der Waals surface area contributed by atoms with Gasteiger partial charge in [0.1, 0.15) is 11.6 Å². The molecule has 0 fully saturated rings. The van der Waals surface area contributed by atoms with E-state index >= 15 is 0 Å². The number of benzene rings is 1. The highest BCUT2D eigenvalue weighted by Crippen LogP contribution is 2.32. The topological polar surface area (TPSA) is 63.7 Å². The summed E-state index contributed by atoms with van der Waals surface area (Å²) in [7, 11) is 1.65. The molecule has 2 aromatic heterocycles. The maximum atomic E-state index is 5.39. The summed E-state index contributed by atoms with van der Waals surface area (Å²) in [5.41, 5.74) is 2.19. The van der Waals surface area contributed by atoms with Crippen LogP contribution < -0.4 is 4.74 Å². The summed E-state index contributed by atoms with van der Waals surface area (Å²) < 4.78 is 5.39. The van der Waals surface area contributed by atoms with Gasteiger partial charge in [-0.05, 0) is 24.5 Å². The van der Waals surface area contributed by atoms with Gasteiger partial charge < -0.3 is 9.72 Å². The molecule has 0 saturated heterocycles. The summed E-state index contributed by atoms with van der Waals surface area (Å²) in [6, 6.07) is 6.00. The number of methoxy groups -OCH3 is 1. The van der Waals surface area contributed by atoms with E-state index < -0.39 is 0 Å². The number of rotatable bonds is 3. The Bertz CT molecular complexity index is 692. The van der Waals surface area contributed by atoms with E-state index in [1.54, 1.807) is 31.3 Å². The van der Waals surface area contributed by atoms with Gasteiger partial charge in [-0.15, -0.1) is 11.8 Å². The van der Waals surface area contributed by atoms with Crippen LogP contribution in [0.2, 0.25) is 0 Å². The lowest BCUT2D eigenvalue weighted by atomic mass is 10.2. The van der Waals surface area contributed by atoms with E-state index in [1.165, 1.54) is 0 Å². The van der Waals surface area contributed by atoms with E-state index in [2.05, 4.69) is 19.9 Å². The molecule has 0 amide bonds. The summed E-state index contributed by atoms with van der Waals surface area (Å²) in [5, 5.41) is 0. The summed E-state index contributed by atoms with van der Waals surface area (Å²) in [5.74, 6) is 1.49. The van der Waals surface area contributed by atoms with Gasteiger partial charge in [0.05, 0.1) is 12.7 Å². The average molecular weight is 272 g/mol. The van der Waals surface area contributed by atoms with E-state index in [0.29, 0.717) is 17.1 Å². The van der Waals surface area contributed by atoms with E-state index in [0.717, 1.165) is 16.2 Å². The van der Waals surface area contributed by atoms with Gasteiger partial charge in [-0.2, -0.15) is 0 Å². The minimum Gasteiger partial charge on any atom is -0.496 e. The third-order valence-corrected chi connectivity index (χ3v) is 3.52. The van der Waals surface area contributed by atoms with E-state index in [4.69, 9.17) is 4.74 Å². The van der Waals surface area contributed by atoms with Crippen LogP contribution >= 0.6 is 11.8 Å². The van der Waals surface area contributed by atoms with Crippen molar-refractivity contribution >= 4 is 23.1 Å². The Morgan fingerprint density at radius 2 is 2.05 bits per heavy atom. The van der Waals surface area contributed by atoms with Crippen LogP contribution in [-0.2, 0) is 0 Å². The number of aromatic amines is 1. The molecule has 0 atom stereocenters. The first-order valence-electron chi connectivity index (χ1n) is 5.71. The molecule has 96 valence electrons. The van der Waals surface area contributed by atoms with Crippen molar-refractivity contribution < 1.29 is 4.74 Å². The van der Waals surface area contributed by atoms with Crippen LogP contribution in [0.25, 0.3) is 22.7 Å². The normalized spacial score (nSPS) is 10.8. The number of hydrogen-bond acceptors (Lipinski definition) is 5. The van der Waals surface area contributed by atoms with Gasteiger partial charge >= 0.3 is 0 Å². The molecule has 0 aliphatic heterocycles. The maximum absolute atomic E-state index is 5.39. The lowest BCUT2D eigenvalue weighted by Crippen LogP contribution is -1.90. The molecule has 0 unspecified atom stereocenters. The van der Waals surface area contributed by atoms with Crippen molar-refractivity contribution in [2.24, 2.45) is 0 Å². The van der Waals surface area contributed by atoms with Crippen LogP contribution in [0.5, 0.6) is 5.75 Å². The number of thioether (sulfide) groups is 1. The van der Waals surface area contributed by atoms with Crippen LogP contribution in [0.3, 0.4) is 0 Å². The SMILES string of the molecule is COc1ccc(SC)cc1-c1nc2nccnc2[nH]1. The number of imidazole rings is 1. The highest BCUT2D eigenvalue weighted by Gasteiger charge is 2.12. The van der Waals surface area contributed by atoms with E-state index in [1.807, 2.05) is 24.5 Å². The largest absolute Gasteiger partial charge is 0.496 e. The number of ether oxygens (including phenoxy) is 1. The quantitative estimate of drug-likeness (QED) is 0.743. The summed E-state index contributed by atoms with van der Waals surface area (Å²) in [6.07, 6.45) is 5.30. The molecule has 0 spiro atoms. The van der Waals surface area contributed by atoms with Gasteiger partial charge in [0.2, 0.25) is 0 Å². The molecule has 3 rings (SSSR count). The molecule has 0 bridgehead atoms. The van der Waals surface area contributed by atoms with Crippen LogP contribution in [0, 0.1) is 0 Å². The monoisotopic (exact) mass is 272 g/mol. The van der Waals surface area contributed by atoms with Crippen LogP contribution in [0.4, 0.5) is 0 Å². The van der Waals surface area contributed by atoms with Crippen molar-refractivity contribution in [1.29, 1.82) is 0 Å². The van der Waals surface area contributed by atoms with Crippen molar-refractivity contribution in [3.8, 4) is 17.1 Å². The molecule has 0 radical (unpaired) electrons. The molecule has 1 N–H and O–H groups in total. The smallest absolute Gasteiger partial charge is 0.197 e. The lowest BCUT2D eigenvalue weighted by molar-refractivity contribution is 0.416. The summed E-state index contributed by atoms with van der Waals surface area (Å²) in [4.78, 5) is 17.1. The van der Waals surface area contributed by atoms with Crippen molar-refractivity contribution in [2.45, 2.75) is 4.90 Å². The molecule has 19 heavy (non-hydrogen) atoms. The third-order valence-electron chi connectivity index (χ3n) is 2.80. The molecule has 3 aromatic rings. The lowest BCUT2D eigenvalue weighted by Gasteiger charge is -2.07. The fraction of sp³-hybridized carbons (Fsp3) is 0.154.